The second-order valence-corrected chi connectivity index (χ2v) is 9.72. The summed E-state index contributed by atoms with van der Waals surface area (Å²) in [6, 6.07) is 4.65. The number of amides is 1. The Bertz CT molecular complexity index is 973. The molecule has 1 saturated carbocycles. The smallest absolute Gasteiger partial charge is 0.238 e. The van der Waals surface area contributed by atoms with Crippen LogP contribution in [0.1, 0.15) is 43.7 Å². The summed E-state index contributed by atoms with van der Waals surface area (Å²) < 4.78 is 36.6. The Labute approximate surface area is 157 Å². The number of hydrogen-bond donors (Lipinski definition) is 1. The number of benzene rings is 1. The molecule has 6 nitrogen and oxygen atoms in total. The third kappa shape index (κ3) is 4.14. The van der Waals surface area contributed by atoms with Crippen molar-refractivity contribution in [2.75, 3.05) is 6.26 Å². The minimum atomic E-state index is -3.75. The van der Waals surface area contributed by atoms with E-state index in [1.165, 1.54) is 13.0 Å². The quantitative estimate of drug-likeness (QED) is 0.772. The highest BCUT2D eigenvalue weighted by Gasteiger charge is 2.45. The number of primary amides is 1. The van der Waals surface area contributed by atoms with Gasteiger partial charge in [-0.3, -0.25) is 4.79 Å². The van der Waals surface area contributed by atoms with Crippen LogP contribution < -0.4 is 5.73 Å². The first-order valence-corrected chi connectivity index (χ1v) is 10.5. The number of carbonyl (C=O) groups is 1. The van der Waals surface area contributed by atoms with Gasteiger partial charge in [0.05, 0.1) is 5.71 Å². The van der Waals surface area contributed by atoms with Gasteiger partial charge in [0.15, 0.2) is 14.6 Å². The number of halogens is 1. The molecule has 27 heavy (non-hydrogen) atoms. The van der Waals surface area contributed by atoms with Gasteiger partial charge in [-0.25, -0.2) is 12.8 Å². The summed E-state index contributed by atoms with van der Waals surface area (Å²) in [6.45, 7) is 1.26. The fraction of sp³-hybridized carbons (Fsp3) is 0.474. The van der Waals surface area contributed by atoms with Gasteiger partial charge in [0.2, 0.25) is 5.91 Å². The molecule has 0 radical (unpaired) electrons. The fourth-order valence-corrected chi connectivity index (χ4v) is 3.66. The van der Waals surface area contributed by atoms with Crippen molar-refractivity contribution in [1.82, 2.24) is 0 Å². The van der Waals surface area contributed by atoms with E-state index < -0.39 is 32.4 Å². The van der Waals surface area contributed by atoms with Crippen molar-refractivity contribution in [1.29, 1.82) is 0 Å². The molecule has 2 aliphatic rings. The molecule has 1 fully saturated rings. The van der Waals surface area contributed by atoms with Gasteiger partial charge in [-0.15, -0.1) is 0 Å². The van der Waals surface area contributed by atoms with E-state index in [-0.39, 0.29) is 18.4 Å². The molecule has 1 aromatic carbocycles. The zero-order chi connectivity index (χ0) is 19.8. The van der Waals surface area contributed by atoms with Crippen molar-refractivity contribution in [3.63, 3.8) is 0 Å². The molecule has 1 aliphatic carbocycles. The maximum atomic E-state index is 14.5. The number of hydrogen-bond acceptors (Lipinski definition) is 5. The highest BCUT2D eigenvalue weighted by Crippen LogP contribution is 2.30. The lowest BCUT2D eigenvalue weighted by Gasteiger charge is -2.25. The van der Waals surface area contributed by atoms with Crippen LogP contribution in [0.25, 0.3) is 0 Å². The van der Waals surface area contributed by atoms with Gasteiger partial charge >= 0.3 is 0 Å². The summed E-state index contributed by atoms with van der Waals surface area (Å²) in [5, 5.41) is 3.88. The van der Waals surface area contributed by atoms with Crippen LogP contribution in [0.4, 0.5) is 4.39 Å². The molecule has 1 heterocycles. The first-order valence-electron chi connectivity index (χ1n) is 8.64. The van der Waals surface area contributed by atoms with Gasteiger partial charge in [0.25, 0.3) is 0 Å². The summed E-state index contributed by atoms with van der Waals surface area (Å²) in [6.07, 6.45) is 2.50. The minimum Gasteiger partial charge on any atom is -0.392 e. The largest absolute Gasteiger partial charge is 0.392 e. The fourth-order valence-electron chi connectivity index (χ4n) is 2.81. The number of nitrogens with two attached hydrogens (primary N) is 1. The van der Waals surface area contributed by atoms with Crippen LogP contribution in [-0.2, 0) is 19.5 Å². The zero-order valence-electron chi connectivity index (χ0n) is 15.2. The molecule has 1 aromatic rings. The van der Waals surface area contributed by atoms with Crippen LogP contribution in [0.15, 0.2) is 23.4 Å². The molecule has 0 spiro atoms. The van der Waals surface area contributed by atoms with E-state index in [9.17, 15) is 17.6 Å². The number of sulfone groups is 1. The highest BCUT2D eigenvalue weighted by atomic mass is 32.2. The standard InChI is InChI=1S/C19H21FN2O4S/c1-19(18(21)23,27(2,24)25)11-14-10-17(22-26-14)15-8-7-13(9-16(15)20)6-5-12-3-4-12/h7-9,12,14H,3-4,10-11H2,1-2H3,(H2,21,23). The Morgan fingerprint density at radius 1 is 1.44 bits per heavy atom. The Kier molecular flexibility index (Phi) is 5.00. The van der Waals surface area contributed by atoms with E-state index in [1.54, 1.807) is 12.1 Å². The van der Waals surface area contributed by atoms with Gasteiger partial charge in [-0.1, -0.05) is 17.0 Å². The molecule has 144 valence electrons. The first kappa shape index (κ1) is 19.4. The van der Waals surface area contributed by atoms with Gasteiger partial charge in [0, 0.05) is 36.1 Å². The summed E-state index contributed by atoms with van der Waals surface area (Å²) in [4.78, 5) is 16.9. The summed E-state index contributed by atoms with van der Waals surface area (Å²) in [5.74, 6) is 5.03. The van der Waals surface area contributed by atoms with Gasteiger partial charge in [-0.2, -0.15) is 0 Å². The van der Waals surface area contributed by atoms with Gasteiger partial charge < -0.3 is 10.6 Å². The van der Waals surface area contributed by atoms with Crippen molar-refractivity contribution in [2.24, 2.45) is 16.8 Å². The van der Waals surface area contributed by atoms with Crippen LogP contribution in [-0.4, -0.2) is 37.1 Å². The summed E-state index contributed by atoms with van der Waals surface area (Å²) >= 11 is 0. The third-order valence-electron chi connectivity index (χ3n) is 4.97. The predicted molar refractivity (Wildman–Crippen MR) is 99.1 cm³/mol. The van der Waals surface area contributed by atoms with Crippen LogP contribution in [0.2, 0.25) is 0 Å². The van der Waals surface area contributed by atoms with Crippen molar-refractivity contribution < 1.29 is 22.4 Å². The van der Waals surface area contributed by atoms with Crippen LogP contribution in [0.3, 0.4) is 0 Å². The van der Waals surface area contributed by atoms with Crippen molar-refractivity contribution in [2.45, 2.75) is 43.5 Å². The summed E-state index contributed by atoms with van der Waals surface area (Å²) in [7, 11) is -3.75. The topological polar surface area (TPSA) is 98.8 Å². The monoisotopic (exact) mass is 392 g/mol. The second-order valence-electron chi connectivity index (χ2n) is 7.28. The number of carbonyl (C=O) groups excluding carboxylic acids is 1. The molecular formula is C19H21FN2O4S. The van der Waals surface area contributed by atoms with Crippen LogP contribution in [0, 0.1) is 23.6 Å². The number of rotatable bonds is 5. The molecule has 1 amide bonds. The molecule has 2 atom stereocenters. The van der Waals surface area contributed by atoms with Gasteiger partial charge in [-0.05, 0) is 38.0 Å². The van der Waals surface area contributed by atoms with Crippen molar-refractivity contribution in [3.8, 4) is 11.8 Å². The van der Waals surface area contributed by atoms with Gasteiger partial charge in [0.1, 0.15) is 11.9 Å². The minimum absolute atomic E-state index is 0.152. The molecule has 8 heteroatoms. The number of oxime groups is 1. The van der Waals surface area contributed by atoms with Crippen LogP contribution in [0.5, 0.6) is 0 Å². The Morgan fingerprint density at radius 2 is 2.15 bits per heavy atom. The number of nitrogens with zero attached hydrogens (tertiary/aromatic N) is 1. The SMILES string of the molecule is CC(CC1CC(c2ccc(C#CC3CC3)cc2F)=NO1)(C(N)=O)S(C)(=O)=O. The van der Waals surface area contributed by atoms with E-state index >= 15 is 0 Å². The average molecular weight is 392 g/mol. The van der Waals surface area contributed by atoms with E-state index in [0.717, 1.165) is 19.1 Å². The Balaban J connectivity index is 1.72. The molecule has 3 rings (SSSR count). The van der Waals surface area contributed by atoms with Crippen molar-refractivity contribution >= 4 is 21.5 Å². The first-order chi connectivity index (χ1) is 12.6. The maximum Gasteiger partial charge on any atom is 0.238 e. The highest BCUT2D eigenvalue weighted by molar-refractivity contribution is 7.92. The molecule has 1 aliphatic heterocycles. The van der Waals surface area contributed by atoms with E-state index in [1.807, 2.05) is 0 Å². The molecule has 0 saturated heterocycles. The Morgan fingerprint density at radius 3 is 2.70 bits per heavy atom. The second kappa shape index (κ2) is 6.97. The lowest BCUT2D eigenvalue weighted by atomic mass is 9.96. The lowest BCUT2D eigenvalue weighted by Crippen LogP contribution is -2.49. The molecular weight excluding hydrogens is 371 g/mol. The lowest BCUT2D eigenvalue weighted by molar-refractivity contribution is -0.121. The molecule has 0 aromatic heterocycles. The summed E-state index contributed by atoms with van der Waals surface area (Å²) in [5.41, 5.74) is 6.52. The van der Waals surface area contributed by atoms with E-state index in [0.29, 0.717) is 17.2 Å². The molecule has 2 N–H and O–H groups in total. The zero-order valence-corrected chi connectivity index (χ0v) is 16.0. The molecule has 2 unspecified atom stereocenters. The third-order valence-corrected chi connectivity index (χ3v) is 6.97. The molecule has 0 bridgehead atoms. The predicted octanol–water partition coefficient (Wildman–Crippen LogP) is 1.76. The maximum absolute atomic E-state index is 14.5. The average Bonchev–Trinajstić information content (AvgIpc) is 3.30. The van der Waals surface area contributed by atoms with Crippen molar-refractivity contribution in [3.05, 3.63) is 35.1 Å². The van der Waals surface area contributed by atoms with Crippen LogP contribution >= 0.6 is 0 Å². The van der Waals surface area contributed by atoms with E-state index in [4.69, 9.17) is 10.6 Å². The normalized spacial score (nSPS) is 21.4. The Hall–Kier alpha value is -2.40. The van der Waals surface area contributed by atoms with E-state index in [2.05, 4.69) is 17.0 Å².